The molecule has 0 aliphatic carbocycles. The van der Waals surface area contributed by atoms with Crippen LogP contribution in [0.4, 0.5) is 4.79 Å². The van der Waals surface area contributed by atoms with Gasteiger partial charge in [-0.05, 0) is 68.0 Å². The van der Waals surface area contributed by atoms with E-state index in [0.29, 0.717) is 6.61 Å². The number of hydrogen-bond donors (Lipinski definition) is 2. The lowest BCUT2D eigenvalue weighted by molar-refractivity contribution is -0.142. The number of amides is 1. The van der Waals surface area contributed by atoms with E-state index in [0.717, 1.165) is 47.2 Å². The number of carbonyl (C=O) groups is 2. The van der Waals surface area contributed by atoms with Gasteiger partial charge in [0, 0.05) is 13.5 Å². The van der Waals surface area contributed by atoms with Crippen LogP contribution in [0.3, 0.4) is 0 Å². The Kier molecular flexibility index (Phi) is 10.2. The predicted molar refractivity (Wildman–Crippen MR) is 131 cm³/mol. The second-order valence-corrected chi connectivity index (χ2v) is 8.89. The van der Waals surface area contributed by atoms with Crippen LogP contribution in [0.2, 0.25) is 0 Å². The van der Waals surface area contributed by atoms with Gasteiger partial charge in [0.1, 0.15) is 18.4 Å². The zero-order valence-electron chi connectivity index (χ0n) is 19.9. The molecule has 1 aliphatic rings. The van der Waals surface area contributed by atoms with E-state index < -0.39 is 18.1 Å². The predicted octanol–water partition coefficient (Wildman–Crippen LogP) is 4.50. The summed E-state index contributed by atoms with van der Waals surface area (Å²) in [5.74, 6) is 0.540. The Bertz CT molecular complexity index is 882. The number of unbranched alkanes of at least 4 members (excludes halogenated alkanes) is 1. The highest BCUT2D eigenvalue weighted by Gasteiger charge is 2.28. The minimum atomic E-state index is -1.08. The Hall–Kier alpha value is -3.06. The molecule has 0 aromatic heterocycles. The maximum absolute atomic E-state index is 12.4. The summed E-state index contributed by atoms with van der Waals surface area (Å²) in [6.07, 6.45) is 5.54. The number of hydrogen-bond acceptors (Lipinski definition) is 5. The summed E-state index contributed by atoms with van der Waals surface area (Å²) >= 11 is 0. The van der Waals surface area contributed by atoms with E-state index in [2.05, 4.69) is 5.32 Å². The summed E-state index contributed by atoms with van der Waals surface area (Å²) in [5.41, 5.74) is 1.66. The van der Waals surface area contributed by atoms with Gasteiger partial charge in [-0.3, -0.25) is 4.90 Å². The van der Waals surface area contributed by atoms with Crippen molar-refractivity contribution in [3.05, 3.63) is 65.7 Å². The maximum Gasteiger partial charge on any atom is 0.410 e. The van der Waals surface area contributed by atoms with E-state index in [1.54, 1.807) is 0 Å². The molecule has 1 unspecified atom stereocenters. The molecule has 2 N–H and O–H groups in total. The molecule has 184 valence electrons. The normalized spacial score (nSPS) is 14.9. The minimum absolute atomic E-state index is 0.0975. The fraction of sp³-hybridized carbons (Fsp3) is 0.481. The first-order valence-electron chi connectivity index (χ1n) is 12.1. The van der Waals surface area contributed by atoms with Crippen molar-refractivity contribution < 1.29 is 24.2 Å². The van der Waals surface area contributed by atoms with Gasteiger partial charge in [-0.25, -0.2) is 9.59 Å². The van der Waals surface area contributed by atoms with Gasteiger partial charge in [0.15, 0.2) is 0 Å². The maximum atomic E-state index is 12.4. The second kappa shape index (κ2) is 13.6. The number of rotatable bonds is 12. The Morgan fingerprint density at radius 2 is 1.74 bits per heavy atom. The topological polar surface area (TPSA) is 88.1 Å². The summed E-state index contributed by atoms with van der Waals surface area (Å²) in [4.78, 5) is 25.4. The second-order valence-electron chi connectivity index (χ2n) is 8.89. The van der Waals surface area contributed by atoms with Crippen LogP contribution < -0.4 is 10.1 Å². The fourth-order valence-electron chi connectivity index (χ4n) is 4.18. The number of carboxylic acids is 1. The standard InChI is InChI=1S/C27H36N2O5/c1-29(27(32)34-20-23-8-3-2-4-9-23)25(26(30)31)19-22-10-12-24(13-11-22)33-18-6-5-7-21-14-16-28-17-15-21/h2-4,8-13,21,25,28H,5-7,14-20H2,1H3,(H,30,31). The number of aliphatic carboxylic acids is 1. The lowest BCUT2D eigenvalue weighted by Crippen LogP contribution is -2.44. The molecule has 1 atom stereocenters. The molecule has 1 aliphatic heterocycles. The number of benzene rings is 2. The number of ether oxygens (including phenoxy) is 2. The summed E-state index contributed by atoms with van der Waals surface area (Å²) in [5, 5.41) is 13.1. The van der Waals surface area contributed by atoms with E-state index in [4.69, 9.17) is 9.47 Å². The molecule has 7 heteroatoms. The van der Waals surface area contributed by atoms with E-state index >= 15 is 0 Å². The van der Waals surface area contributed by atoms with Crippen LogP contribution in [0.5, 0.6) is 5.75 Å². The molecule has 3 rings (SSSR count). The zero-order valence-corrected chi connectivity index (χ0v) is 19.9. The van der Waals surface area contributed by atoms with Crippen LogP contribution in [0.1, 0.15) is 43.2 Å². The molecule has 2 aromatic carbocycles. The average Bonchev–Trinajstić information content (AvgIpc) is 2.87. The zero-order chi connectivity index (χ0) is 24.2. The molecule has 7 nitrogen and oxygen atoms in total. The van der Waals surface area contributed by atoms with Crippen molar-refractivity contribution in [2.75, 3.05) is 26.7 Å². The molecule has 34 heavy (non-hydrogen) atoms. The first kappa shape index (κ1) is 25.6. The monoisotopic (exact) mass is 468 g/mol. The molecule has 1 amide bonds. The lowest BCUT2D eigenvalue weighted by Gasteiger charge is -2.24. The van der Waals surface area contributed by atoms with Gasteiger partial charge in [0.2, 0.25) is 0 Å². The Balaban J connectivity index is 1.41. The first-order chi connectivity index (χ1) is 16.5. The summed E-state index contributed by atoms with van der Waals surface area (Å²) in [7, 11) is 1.45. The molecule has 2 aromatic rings. The number of carboxylic acid groups (broad SMARTS) is 1. The van der Waals surface area contributed by atoms with Crippen molar-refractivity contribution in [2.24, 2.45) is 5.92 Å². The van der Waals surface area contributed by atoms with E-state index in [-0.39, 0.29) is 13.0 Å². The van der Waals surface area contributed by atoms with Crippen LogP contribution in [0, 0.1) is 5.92 Å². The summed E-state index contributed by atoms with van der Waals surface area (Å²) in [6.45, 7) is 3.06. The molecular weight excluding hydrogens is 432 g/mol. The molecule has 0 radical (unpaired) electrons. The average molecular weight is 469 g/mol. The van der Waals surface area contributed by atoms with Gasteiger partial charge in [-0.2, -0.15) is 0 Å². The summed E-state index contributed by atoms with van der Waals surface area (Å²) < 4.78 is 11.1. The Morgan fingerprint density at radius 1 is 1.03 bits per heavy atom. The fourth-order valence-corrected chi connectivity index (χ4v) is 4.18. The number of nitrogens with one attached hydrogen (secondary N) is 1. The largest absolute Gasteiger partial charge is 0.494 e. The van der Waals surface area contributed by atoms with E-state index in [1.807, 2.05) is 54.6 Å². The molecule has 1 saturated heterocycles. The number of likely N-dealkylation sites (N-methyl/N-ethyl adjacent to an activating group) is 1. The van der Waals surface area contributed by atoms with Crippen LogP contribution in [0.25, 0.3) is 0 Å². The number of nitrogens with zero attached hydrogens (tertiary/aromatic N) is 1. The molecule has 1 fully saturated rings. The molecular formula is C27H36N2O5. The van der Waals surface area contributed by atoms with Crippen molar-refractivity contribution in [1.82, 2.24) is 10.2 Å². The van der Waals surface area contributed by atoms with Gasteiger partial charge in [0.05, 0.1) is 6.61 Å². The molecule has 0 spiro atoms. The van der Waals surface area contributed by atoms with E-state index in [9.17, 15) is 14.7 Å². The quantitative estimate of drug-likeness (QED) is 0.446. The van der Waals surface area contributed by atoms with Crippen molar-refractivity contribution >= 4 is 12.1 Å². The third-order valence-corrected chi connectivity index (χ3v) is 6.33. The van der Waals surface area contributed by atoms with Crippen molar-refractivity contribution in [3.8, 4) is 5.75 Å². The molecule has 0 bridgehead atoms. The minimum Gasteiger partial charge on any atom is -0.494 e. The van der Waals surface area contributed by atoms with Crippen molar-refractivity contribution in [2.45, 2.75) is 51.2 Å². The summed E-state index contributed by atoms with van der Waals surface area (Å²) in [6, 6.07) is 15.7. The smallest absolute Gasteiger partial charge is 0.410 e. The SMILES string of the molecule is CN(C(=O)OCc1ccccc1)C(Cc1ccc(OCCCCC2CCNCC2)cc1)C(=O)O. The van der Waals surface area contributed by atoms with Crippen LogP contribution in [0.15, 0.2) is 54.6 Å². The van der Waals surface area contributed by atoms with Crippen LogP contribution in [-0.2, 0) is 22.6 Å². The van der Waals surface area contributed by atoms with Gasteiger partial charge in [-0.15, -0.1) is 0 Å². The van der Waals surface area contributed by atoms with Crippen molar-refractivity contribution in [3.63, 3.8) is 0 Å². The van der Waals surface area contributed by atoms with Crippen LogP contribution >= 0.6 is 0 Å². The molecule has 1 heterocycles. The number of piperidine rings is 1. The molecule has 0 saturated carbocycles. The third kappa shape index (κ3) is 8.37. The Morgan fingerprint density at radius 3 is 2.41 bits per heavy atom. The van der Waals surface area contributed by atoms with Gasteiger partial charge >= 0.3 is 12.1 Å². The third-order valence-electron chi connectivity index (χ3n) is 6.33. The highest BCUT2D eigenvalue weighted by Crippen LogP contribution is 2.20. The van der Waals surface area contributed by atoms with E-state index in [1.165, 1.54) is 32.7 Å². The first-order valence-corrected chi connectivity index (χ1v) is 12.1. The number of carbonyl (C=O) groups excluding carboxylic acids is 1. The van der Waals surface area contributed by atoms with Crippen molar-refractivity contribution in [1.29, 1.82) is 0 Å². The van der Waals surface area contributed by atoms with Gasteiger partial charge in [0.25, 0.3) is 0 Å². The van der Waals surface area contributed by atoms with Gasteiger partial charge in [-0.1, -0.05) is 48.9 Å². The lowest BCUT2D eigenvalue weighted by atomic mass is 9.93. The highest BCUT2D eigenvalue weighted by atomic mass is 16.6. The van der Waals surface area contributed by atoms with Crippen LogP contribution in [-0.4, -0.2) is 54.9 Å². The Labute approximate surface area is 202 Å². The van der Waals surface area contributed by atoms with Gasteiger partial charge < -0.3 is 19.9 Å². The highest BCUT2D eigenvalue weighted by molar-refractivity contribution is 5.80.